The Morgan fingerprint density at radius 1 is 0.241 bits per heavy atom. The van der Waals surface area contributed by atoms with Gasteiger partial charge in [0.15, 0.2) is 17.5 Å². The van der Waals surface area contributed by atoms with Crippen molar-refractivity contribution >= 4 is 32.3 Å². The van der Waals surface area contributed by atoms with Crippen LogP contribution in [0, 0.1) is 0 Å². The Kier molecular flexibility index (Phi) is 7.81. The zero-order valence-electron chi connectivity index (χ0n) is 29.4. The van der Waals surface area contributed by atoms with E-state index in [4.69, 9.17) is 15.0 Å². The third-order valence-corrected chi connectivity index (χ3v) is 10.3. The standard InChI is InChI=1S/C51H33N3/c1-4-16-36(17-5-1)47-43-24-12-13-25-44(43)48(42-26-14-22-35-15-10-11-23-41(35)42)46-33-40(31-32-45(46)47)34-27-29-39(30-28-34)51-53-49(37-18-6-2-7-19-37)52-50(54-51)38-20-8-3-9-21-38/h1-33H. The number of aromatic nitrogens is 3. The largest absolute Gasteiger partial charge is 0.208 e. The molecule has 10 aromatic rings. The van der Waals surface area contributed by atoms with Crippen LogP contribution in [0.5, 0.6) is 0 Å². The second-order valence-electron chi connectivity index (χ2n) is 13.6. The van der Waals surface area contributed by atoms with Crippen LogP contribution in [0.3, 0.4) is 0 Å². The molecule has 0 aliphatic heterocycles. The summed E-state index contributed by atoms with van der Waals surface area (Å²) >= 11 is 0. The first-order valence-electron chi connectivity index (χ1n) is 18.3. The Morgan fingerprint density at radius 2 is 0.667 bits per heavy atom. The lowest BCUT2D eigenvalue weighted by Crippen LogP contribution is -2.00. The molecule has 1 heterocycles. The van der Waals surface area contributed by atoms with Crippen LogP contribution in [0.4, 0.5) is 0 Å². The van der Waals surface area contributed by atoms with Gasteiger partial charge < -0.3 is 0 Å². The summed E-state index contributed by atoms with van der Waals surface area (Å²) in [5, 5.41) is 7.42. The maximum absolute atomic E-state index is 4.96. The summed E-state index contributed by atoms with van der Waals surface area (Å²) < 4.78 is 0. The molecule has 0 aliphatic carbocycles. The van der Waals surface area contributed by atoms with E-state index in [1.54, 1.807) is 0 Å². The lowest BCUT2D eigenvalue weighted by atomic mass is 9.84. The maximum Gasteiger partial charge on any atom is 0.164 e. The first kappa shape index (κ1) is 31.5. The third kappa shape index (κ3) is 5.60. The summed E-state index contributed by atoms with van der Waals surface area (Å²) in [6, 6.07) is 70.8. The van der Waals surface area contributed by atoms with Crippen LogP contribution in [0.2, 0.25) is 0 Å². The molecule has 0 bridgehead atoms. The van der Waals surface area contributed by atoms with Crippen molar-refractivity contribution in [2.45, 2.75) is 0 Å². The fraction of sp³-hybridized carbons (Fsp3) is 0. The second-order valence-corrected chi connectivity index (χ2v) is 13.6. The number of benzene rings is 9. The number of hydrogen-bond acceptors (Lipinski definition) is 3. The van der Waals surface area contributed by atoms with Gasteiger partial charge in [0.2, 0.25) is 0 Å². The highest BCUT2D eigenvalue weighted by Crippen LogP contribution is 2.46. The van der Waals surface area contributed by atoms with Gasteiger partial charge in [0.1, 0.15) is 0 Å². The van der Waals surface area contributed by atoms with Crippen molar-refractivity contribution in [3.05, 3.63) is 200 Å². The van der Waals surface area contributed by atoms with Crippen molar-refractivity contribution in [3.63, 3.8) is 0 Å². The summed E-state index contributed by atoms with van der Waals surface area (Å²) in [6.07, 6.45) is 0. The molecule has 0 amide bonds. The minimum atomic E-state index is 0.644. The summed E-state index contributed by atoms with van der Waals surface area (Å²) in [5.74, 6) is 1.95. The van der Waals surface area contributed by atoms with Gasteiger partial charge in [-0.1, -0.05) is 194 Å². The smallest absolute Gasteiger partial charge is 0.164 e. The van der Waals surface area contributed by atoms with Gasteiger partial charge in [-0.15, -0.1) is 0 Å². The summed E-state index contributed by atoms with van der Waals surface area (Å²) in [7, 11) is 0. The molecule has 0 aliphatic rings. The second kappa shape index (κ2) is 13.4. The van der Waals surface area contributed by atoms with Gasteiger partial charge in [0, 0.05) is 16.7 Å². The van der Waals surface area contributed by atoms with Crippen molar-refractivity contribution < 1.29 is 0 Å². The quantitative estimate of drug-likeness (QED) is 0.163. The molecule has 9 aromatic carbocycles. The highest BCUT2D eigenvalue weighted by atomic mass is 15.0. The van der Waals surface area contributed by atoms with Crippen molar-refractivity contribution in [3.8, 4) is 67.5 Å². The van der Waals surface area contributed by atoms with Crippen molar-refractivity contribution in [2.24, 2.45) is 0 Å². The molecule has 3 heteroatoms. The van der Waals surface area contributed by atoms with E-state index in [9.17, 15) is 0 Å². The molecule has 0 unspecified atom stereocenters. The highest BCUT2D eigenvalue weighted by molar-refractivity contribution is 6.24. The van der Waals surface area contributed by atoms with Crippen LogP contribution in [0.15, 0.2) is 200 Å². The Balaban J connectivity index is 1.16. The molecule has 252 valence electrons. The van der Waals surface area contributed by atoms with E-state index < -0.39 is 0 Å². The van der Waals surface area contributed by atoms with Gasteiger partial charge in [-0.25, -0.2) is 15.0 Å². The average Bonchev–Trinajstić information content (AvgIpc) is 3.26. The first-order valence-corrected chi connectivity index (χ1v) is 18.3. The van der Waals surface area contributed by atoms with Crippen LogP contribution in [-0.2, 0) is 0 Å². The lowest BCUT2D eigenvalue weighted by molar-refractivity contribution is 1.07. The monoisotopic (exact) mass is 687 g/mol. The van der Waals surface area contributed by atoms with Gasteiger partial charge in [0.05, 0.1) is 0 Å². The number of fused-ring (bicyclic) bond motifs is 3. The van der Waals surface area contributed by atoms with Gasteiger partial charge in [-0.3, -0.25) is 0 Å². The molecular weight excluding hydrogens is 655 g/mol. The van der Waals surface area contributed by atoms with Crippen molar-refractivity contribution in [2.75, 3.05) is 0 Å². The Hall–Kier alpha value is -7.23. The van der Waals surface area contributed by atoms with E-state index >= 15 is 0 Å². The molecular formula is C51H33N3. The van der Waals surface area contributed by atoms with E-state index in [-0.39, 0.29) is 0 Å². The number of hydrogen-bond donors (Lipinski definition) is 0. The lowest BCUT2D eigenvalue weighted by Gasteiger charge is -2.19. The molecule has 0 fully saturated rings. The molecule has 0 spiro atoms. The van der Waals surface area contributed by atoms with Crippen LogP contribution in [0.1, 0.15) is 0 Å². The van der Waals surface area contributed by atoms with Crippen molar-refractivity contribution in [1.82, 2.24) is 15.0 Å². The van der Waals surface area contributed by atoms with Gasteiger partial charge in [0.25, 0.3) is 0 Å². The third-order valence-electron chi connectivity index (χ3n) is 10.3. The Bertz CT molecular complexity index is 2890. The predicted molar refractivity (Wildman–Crippen MR) is 225 cm³/mol. The minimum absolute atomic E-state index is 0.644. The molecule has 0 N–H and O–H groups in total. The van der Waals surface area contributed by atoms with Gasteiger partial charge in [-0.05, 0) is 71.8 Å². The zero-order chi connectivity index (χ0) is 35.8. The SMILES string of the molecule is c1ccc(-c2nc(-c3ccccc3)nc(-c3ccc(-c4ccc5c(-c6ccccc6)c6ccccc6c(-c6cccc7ccccc67)c5c4)cc3)n2)cc1. The predicted octanol–water partition coefficient (Wildman–Crippen LogP) is 13.3. The van der Waals surface area contributed by atoms with Crippen LogP contribution < -0.4 is 0 Å². The average molecular weight is 688 g/mol. The molecule has 3 nitrogen and oxygen atoms in total. The molecule has 0 saturated carbocycles. The minimum Gasteiger partial charge on any atom is -0.208 e. The summed E-state index contributed by atoms with van der Waals surface area (Å²) in [4.78, 5) is 14.8. The molecule has 0 radical (unpaired) electrons. The fourth-order valence-corrected chi connectivity index (χ4v) is 7.76. The molecule has 54 heavy (non-hydrogen) atoms. The van der Waals surface area contributed by atoms with E-state index in [1.165, 1.54) is 54.6 Å². The molecule has 1 aromatic heterocycles. The van der Waals surface area contributed by atoms with E-state index in [0.29, 0.717) is 17.5 Å². The van der Waals surface area contributed by atoms with E-state index in [1.807, 2.05) is 60.7 Å². The van der Waals surface area contributed by atoms with E-state index in [2.05, 4.69) is 140 Å². The van der Waals surface area contributed by atoms with Gasteiger partial charge in [-0.2, -0.15) is 0 Å². The molecule has 0 atom stereocenters. The topological polar surface area (TPSA) is 38.7 Å². The summed E-state index contributed by atoms with van der Waals surface area (Å²) in [6.45, 7) is 0. The van der Waals surface area contributed by atoms with Crippen LogP contribution in [0.25, 0.3) is 99.9 Å². The number of rotatable bonds is 6. The number of nitrogens with zero attached hydrogens (tertiary/aromatic N) is 3. The molecule has 10 rings (SSSR count). The molecule has 0 saturated heterocycles. The zero-order valence-corrected chi connectivity index (χ0v) is 29.4. The normalized spacial score (nSPS) is 11.3. The van der Waals surface area contributed by atoms with Crippen molar-refractivity contribution in [1.29, 1.82) is 0 Å². The van der Waals surface area contributed by atoms with Crippen LogP contribution >= 0.6 is 0 Å². The Morgan fingerprint density at radius 3 is 1.28 bits per heavy atom. The highest BCUT2D eigenvalue weighted by Gasteiger charge is 2.19. The Labute approximate surface area is 313 Å². The van der Waals surface area contributed by atoms with Gasteiger partial charge >= 0.3 is 0 Å². The summed E-state index contributed by atoms with van der Waals surface area (Å²) in [5.41, 5.74) is 10.1. The maximum atomic E-state index is 4.96. The fourth-order valence-electron chi connectivity index (χ4n) is 7.76. The van der Waals surface area contributed by atoms with Crippen LogP contribution in [-0.4, -0.2) is 15.0 Å². The first-order chi connectivity index (χ1) is 26.8. The van der Waals surface area contributed by atoms with E-state index in [0.717, 1.165) is 27.8 Å².